The molecule has 0 spiro atoms. The van der Waals surface area contributed by atoms with E-state index in [4.69, 9.17) is 4.74 Å². The van der Waals surface area contributed by atoms with Crippen molar-refractivity contribution < 1.29 is 4.74 Å². The van der Waals surface area contributed by atoms with E-state index in [0.717, 1.165) is 37.2 Å². The zero-order valence-electron chi connectivity index (χ0n) is 12.2. The Kier molecular flexibility index (Phi) is 3.84. The lowest BCUT2D eigenvalue weighted by Crippen LogP contribution is -2.33. The summed E-state index contributed by atoms with van der Waals surface area (Å²) in [5.74, 6) is 0. The van der Waals surface area contributed by atoms with Crippen molar-refractivity contribution in [2.75, 3.05) is 6.54 Å². The van der Waals surface area contributed by atoms with Gasteiger partial charge in [-0.2, -0.15) is 8.75 Å². The van der Waals surface area contributed by atoms with Gasteiger partial charge in [-0.15, -0.1) is 0 Å². The van der Waals surface area contributed by atoms with Gasteiger partial charge in [0.2, 0.25) is 0 Å². The minimum absolute atomic E-state index is 0.250. The van der Waals surface area contributed by atoms with E-state index in [1.54, 1.807) is 0 Å². The third-order valence-corrected chi connectivity index (χ3v) is 4.62. The van der Waals surface area contributed by atoms with Gasteiger partial charge in [0, 0.05) is 19.5 Å². The quantitative estimate of drug-likeness (QED) is 0.805. The van der Waals surface area contributed by atoms with Crippen LogP contribution in [0, 0.1) is 0 Å². The van der Waals surface area contributed by atoms with Crippen LogP contribution in [0.3, 0.4) is 0 Å². The Morgan fingerprint density at radius 1 is 1.09 bits per heavy atom. The van der Waals surface area contributed by atoms with Crippen LogP contribution in [-0.4, -0.2) is 21.4 Å². The van der Waals surface area contributed by atoms with Crippen molar-refractivity contribution in [2.45, 2.75) is 25.7 Å². The highest BCUT2D eigenvalue weighted by Crippen LogP contribution is 2.20. The predicted molar refractivity (Wildman–Crippen MR) is 87.8 cm³/mol. The molecule has 0 bridgehead atoms. The van der Waals surface area contributed by atoms with E-state index in [1.807, 2.05) is 6.07 Å². The molecule has 0 saturated carbocycles. The number of hydrogen-bond acceptors (Lipinski definition) is 5. The maximum absolute atomic E-state index is 5.92. The lowest BCUT2D eigenvalue weighted by molar-refractivity contribution is 0.0288. The monoisotopic (exact) mass is 311 g/mol. The Balaban J connectivity index is 1.34. The van der Waals surface area contributed by atoms with E-state index in [2.05, 4.69) is 50.5 Å². The largest absolute Gasteiger partial charge is 0.372 e. The summed E-state index contributed by atoms with van der Waals surface area (Å²) in [6.07, 6.45) is 1.23. The molecule has 2 heterocycles. The number of nitrogens with one attached hydrogen (secondary N) is 1. The molecule has 1 aromatic heterocycles. The number of aromatic nitrogens is 2. The number of hydrogen-bond donors (Lipinski definition) is 1. The fraction of sp³-hybridized carbons (Fsp3) is 0.294. The first-order valence-electron chi connectivity index (χ1n) is 7.49. The molecule has 0 amide bonds. The van der Waals surface area contributed by atoms with Gasteiger partial charge in [0.15, 0.2) is 0 Å². The smallest absolute Gasteiger partial charge is 0.105 e. The van der Waals surface area contributed by atoms with E-state index in [1.165, 1.54) is 28.4 Å². The highest BCUT2D eigenvalue weighted by atomic mass is 32.1. The van der Waals surface area contributed by atoms with Gasteiger partial charge in [-0.25, -0.2) is 0 Å². The maximum atomic E-state index is 5.92. The van der Waals surface area contributed by atoms with E-state index in [9.17, 15) is 0 Å². The van der Waals surface area contributed by atoms with Crippen molar-refractivity contribution in [2.24, 2.45) is 0 Å². The molecule has 1 aliphatic rings. The zero-order chi connectivity index (χ0) is 14.8. The summed E-state index contributed by atoms with van der Waals surface area (Å²) < 4.78 is 14.4. The fourth-order valence-corrected chi connectivity index (χ4v) is 3.37. The van der Waals surface area contributed by atoms with Crippen LogP contribution in [0.15, 0.2) is 42.5 Å². The molecule has 0 saturated heterocycles. The minimum atomic E-state index is 0.250. The molecule has 3 aromatic rings. The molecule has 1 N–H and O–H groups in total. The highest BCUT2D eigenvalue weighted by molar-refractivity contribution is 7.00. The Morgan fingerprint density at radius 3 is 2.91 bits per heavy atom. The van der Waals surface area contributed by atoms with Gasteiger partial charge < -0.3 is 10.1 Å². The molecule has 0 aliphatic carbocycles. The van der Waals surface area contributed by atoms with Crippen LogP contribution in [0.4, 0.5) is 0 Å². The first-order valence-corrected chi connectivity index (χ1v) is 8.22. The Morgan fingerprint density at radius 2 is 1.95 bits per heavy atom. The summed E-state index contributed by atoms with van der Waals surface area (Å²) in [7, 11) is 0. The number of ether oxygens (including phenoxy) is 1. The number of benzene rings is 2. The Bertz CT molecular complexity index is 786. The van der Waals surface area contributed by atoms with Gasteiger partial charge in [0.25, 0.3) is 0 Å². The Hall–Kier alpha value is -1.82. The second-order valence-electron chi connectivity index (χ2n) is 5.62. The molecule has 0 fully saturated rings. The van der Waals surface area contributed by atoms with E-state index in [-0.39, 0.29) is 6.10 Å². The second kappa shape index (κ2) is 6.12. The summed E-state index contributed by atoms with van der Waals surface area (Å²) in [5, 5.41) is 3.49. The van der Waals surface area contributed by atoms with Crippen molar-refractivity contribution in [1.29, 1.82) is 0 Å². The van der Waals surface area contributed by atoms with Crippen LogP contribution in [-0.2, 0) is 24.3 Å². The van der Waals surface area contributed by atoms with Crippen LogP contribution in [0.2, 0.25) is 0 Å². The topological polar surface area (TPSA) is 47.0 Å². The second-order valence-corrected chi connectivity index (χ2v) is 6.15. The van der Waals surface area contributed by atoms with Gasteiger partial charge in [0.1, 0.15) is 11.0 Å². The molecule has 22 heavy (non-hydrogen) atoms. The first kappa shape index (κ1) is 13.8. The number of rotatable bonds is 4. The van der Waals surface area contributed by atoms with Crippen molar-refractivity contribution in [3.05, 3.63) is 59.2 Å². The standard InChI is InChI=1S/C17H17N3OS/c1-2-4-14-11-21-15(8-13(14)3-1)10-18-9-12-5-6-16-17(7-12)20-22-19-16/h1-7,15,18H,8-11H2/t15-/m0/s1. The summed E-state index contributed by atoms with van der Waals surface area (Å²) in [5.41, 5.74) is 5.92. The normalized spacial score (nSPS) is 17.5. The number of fused-ring (bicyclic) bond motifs is 2. The third kappa shape index (κ3) is 2.88. The van der Waals surface area contributed by atoms with Crippen molar-refractivity contribution in [1.82, 2.24) is 14.1 Å². The molecule has 112 valence electrons. The van der Waals surface area contributed by atoms with Crippen LogP contribution in [0.5, 0.6) is 0 Å². The van der Waals surface area contributed by atoms with E-state index < -0.39 is 0 Å². The summed E-state index contributed by atoms with van der Waals surface area (Å²) in [4.78, 5) is 0. The van der Waals surface area contributed by atoms with Crippen LogP contribution in [0.25, 0.3) is 11.0 Å². The molecule has 0 unspecified atom stereocenters. The number of nitrogens with zero attached hydrogens (tertiary/aromatic N) is 2. The van der Waals surface area contributed by atoms with Crippen LogP contribution in [0.1, 0.15) is 16.7 Å². The molecular weight excluding hydrogens is 294 g/mol. The summed E-state index contributed by atoms with van der Waals surface area (Å²) in [6, 6.07) is 14.8. The molecule has 2 aromatic carbocycles. The van der Waals surface area contributed by atoms with Gasteiger partial charge >= 0.3 is 0 Å². The van der Waals surface area contributed by atoms with Crippen molar-refractivity contribution >= 4 is 22.8 Å². The summed E-state index contributed by atoms with van der Waals surface area (Å²) >= 11 is 1.26. The fourth-order valence-electron chi connectivity index (χ4n) is 2.86. The molecule has 0 radical (unpaired) electrons. The Labute approximate surface area is 133 Å². The maximum Gasteiger partial charge on any atom is 0.105 e. The lowest BCUT2D eigenvalue weighted by atomic mass is 9.99. The van der Waals surface area contributed by atoms with Crippen LogP contribution < -0.4 is 5.32 Å². The lowest BCUT2D eigenvalue weighted by Gasteiger charge is -2.25. The van der Waals surface area contributed by atoms with Crippen LogP contribution >= 0.6 is 11.7 Å². The third-order valence-electron chi connectivity index (χ3n) is 4.06. The molecule has 5 heteroatoms. The average molecular weight is 311 g/mol. The SMILES string of the molecule is c1ccc2c(c1)CO[C@H](CNCc1ccc3nsnc3c1)C2. The van der Waals surface area contributed by atoms with Gasteiger partial charge in [0.05, 0.1) is 24.4 Å². The molecule has 1 atom stereocenters. The van der Waals surface area contributed by atoms with Gasteiger partial charge in [-0.3, -0.25) is 0 Å². The molecular formula is C17H17N3OS. The van der Waals surface area contributed by atoms with Crippen molar-refractivity contribution in [3.8, 4) is 0 Å². The van der Waals surface area contributed by atoms with Gasteiger partial charge in [-0.1, -0.05) is 30.3 Å². The minimum Gasteiger partial charge on any atom is -0.372 e. The average Bonchev–Trinajstić information content (AvgIpc) is 3.02. The highest BCUT2D eigenvalue weighted by Gasteiger charge is 2.18. The summed E-state index contributed by atoms with van der Waals surface area (Å²) in [6.45, 7) is 2.41. The molecule has 4 nitrogen and oxygen atoms in total. The molecule has 1 aliphatic heterocycles. The predicted octanol–water partition coefficient (Wildman–Crippen LogP) is 2.92. The van der Waals surface area contributed by atoms with Gasteiger partial charge in [-0.05, 0) is 28.8 Å². The van der Waals surface area contributed by atoms with E-state index >= 15 is 0 Å². The molecule has 4 rings (SSSR count). The zero-order valence-corrected chi connectivity index (χ0v) is 13.0. The first-order chi connectivity index (χ1) is 10.9. The van der Waals surface area contributed by atoms with E-state index in [0.29, 0.717) is 0 Å². The van der Waals surface area contributed by atoms with Crippen molar-refractivity contribution in [3.63, 3.8) is 0 Å².